The van der Waals surface area contributed by atoms with Crippen molar-refractivity contribution < 1.29 is 24.2 Å². The topological polar surface area (TPSA) is 109 Å². The average molecular weight is 457 g/mol. The summed E-state index contributed by atoms with van der Waals surface area (Å²) in [5.41, 5.74) is 4.77. The second kappa shape index (κ2) is 8.97. The molecule has 0 bridgehead atoms. The zero-order chi connectivity index (χ0) is 23.7. The van der Waals surface area contributed by atoms with Crippen LogP contribution in [0.25, 0.3) is 11.1 Å². The minimum atomic E-state index is -0.923. The van der Waals surface area contributed by atoms with Crippen molar-refractivity contribution in [2.24, 2.45) is 5.92 Å². The number of carbonyl (C=O) groups excluding carboxylic acids is 2. The average Bonchev–Trinajstić information content (AvgIpc) is 3.47. The van der Waals surface area contributed by atoms with E-state index < -0.39 is 23.9 Å². The maximum Gasteiger partial charge on any atom is 0.411 e. The molecule has 1 aliphatic carbocycles. The fourth-order valence-corrected chi connectivity index (χ4v) is 4.72. The van der Waals surface area contributed by atoms with Gasteiger partial charge >= 0.3 is 12.1 Å². The van der Waals surface area contributed by atoms with Crippen LogP contribution in [0.1, 0.15) is 34.0 Å². The van der Waals surface area contributed by atoms with Gasteiger partial charge in [-0.2, -0.15) is 0 Å². The molecule has 0 saturated carbocycles. The van der Waals surface area contributed by atoms with Gasteiger partial charge in [-0.1, -0.05) is 48.5 Å². The molecule has 172 valence electrons. The maximum atomic E-state index is 12.9. The van der Waals surface area contributed by atoms with Gasteiger partial charge in [0.1, 0.15) is 6.61 Å². The van der Waals surface area contributed by atoms with E-state index in [2.05, 4.69) is 22.4 Å². The van der Waals surface area contributed by atoms with Crippen LogP contribution in [-0.2, 0) is 9.53 Å². The summed E-state index contributed by atoms with van der Waals surface area (Å²) in [7, 11) is 0. The highest BCUT2D eigenvalue weighted by molar-refractivity contribution is 6.01. The van der Waals surface area contributed by atoms with E-state index in [1.54, 1.807) is 12.1 Å². The number of benzene rings is 2. The first-order valence-electron chi connectivity index (χ1n) is 11.1. The normalized spacial score (nSPS) is 16.6. The van der Waals surface area contributed by atoms with Crippen molar-refractivity contribution in [1.82, 2.24) is 9.88 Å². The molecular formula is C26H23N3O5. The van der Waals surface area contributed by atoms with E-state index in [-0.39, 0.29) is 30.5 Å². The summed E-state index contributed by atoms with van der Waals surface area (Å²) >= 11 is 0. The van der Waals surface area contributed by atoms with Crippen LogP contribution in [-0.4, -0.2) is 52.7 Å². The summed E-state index contributed by atoms with van der Waals surface area (Å²) in [4.78, 5) is 42.4. The number of fused-ring (bicyclic) bond motifs is 3. The Bertz CT molecular complexity index is 1230. The summed E-state index contributed by atoms with van der Waals surface area (Å²) in [6, 6.07) is 19.3. The molecule has 2 aromatic carbocycles. The van der Waals surface area contributed by atoms with E-state index >= 15 is 0 Å². The first-order chi connectivity index (χ1) is 16.5. The van der Waals surface area contributed by atoms with Gasteiger partial charge in [-0.3, -0.25) is 14.9 Å². The standard InChI is InChI=1S/C26H23N3O5/c30-24(29-13-11-16(14-29)25(31)32)23-22(10-5-12-27-23)28-26(33)34-15-21-19-8-3-1-6-17(19)18-7-2-4-9-20(18)21/h1-10,12,16,21H,11,13-15H2,(H,28,33)(H,31,32). The van der Waals surface area contributed by atoms with Crippen molar-refractivity contribution in [3.05, 3.63) is 83.7 Å². The number of nitrogens with one attached hydrogen (secondary N) is 1. The first-order valence-corrected chi connectivity index (χ1v) is 11.1. The predicted octanol–water partition coefficient (Wildman–Crippen LogP) is 3.99. The van der Waals surface area contributed by atoms with E-state index in [0.29, 0.717) is 13.0 Å². The Kier molecular flexibility index (Phi) is 5.71. The van der Waals surface area contributed by atoms with Gasteiger partial charge in [0.15, 0.2) is 5.69 Å². The number of likely N-dealkylation sites (tertiary alicyclic amines) is 1. The van der Waals surface area contributed by atoms with Crippen LogP contribution in [0.3, 0.4) is 0 Å². The number of carbonyl (C=O) groups is 3. The molecule has 34 heavy (non-hydrogen) atoms. The number of pyridine rings is 1. The number of anilines is 1. The first kappa shape index (κ1) is 21.6. The van der Waals surface area contributed by atoms with E-state index in [4.69, 9.17) is 4.74 Å². The molecule has 1 atom stereocenters. The number of hydrogen-bond acceptors (Lipinski definition) is 5. The lowest BCUT2D eigenvalue weighted by Gasteiger charge is -2.18. The molecule has 1 saturated heterocycles. The second-order valence-corrected chi connectivity index (χ2v) is 8.43. The molecule has 5 rings (SSSR count). The molecule has 0 spiro atoms. The van der Waals surface area contributed by atoms with Crippen LogP contribution in [0, 0.1) is 5.92 Å². The van der Waals surface area contributed by atoms with Crippen molar-refractivity contribution >= 4 is 23.7 Å². The van der Waals surface area contributed by atoms with Gasteiger partial charge in [-0.05, 0) is 40.8 Å². The molecular weight excluding hydrogens is 434 g/mol. The van der Waals surface area contributed by atoms with Gasteiger partial charge in [0.05, 0.1) is 11.6 Å². The van der Waals surface area contributed by atoms with Gasteiger partial charge in [0.25, 0.3) is 5.91 Å². The molecule has 0 radical (unpaired) electrons. The highest BCUT2D eigenvalue weighted by Gasteiger charge is 2.33. The number of carboxylic acids is 1. The van der Waals surface area contributed by atoms with Crippen molar-refractivity contribution in [3.8, 4) is 11.1 Å². The lowest BCUT2D eigenvalue weighted by atomic mass is 9.98. The minimum absolute atomic E-state index is 0.0575. The Balaban J connectivity index is 1.28. The van der Waals surface area contributed by atoms with Crippen LogP contribution >= 0.6 is 0 Å². The molecule has 1 fully saturated rings. The molecule has 2 heterocycles. The molecule has 8 heteroatoms. The van der Waals surface area contributed by atoms with E-state index in [9.17, 15) is 19.5 Å². The van der Waals surface area contributed by atoms with Crippen LogP contribution in [0.2, 0.25) is 0 Å². The Morgan fingerprint density at radius 2 is 1.68 bits per heavy atom. The summed E-state index contributed by atoms with van der Waals surface area (Å²) in [6.07, 6.45) is 1.16. The Labute approximate surface area is 196 Å². The zero-order valence-corrected chi connectivity index (χ0v) is 18.3. The SMILES string of the molecule is O=C(Nc1cccnc1C(=O)N1CCC(C(=O)O)C1)OCC1c2ccccc2-c2ccccc21. The third kappa shape index (κ3) is 3.98. The highest BCUT2D eigenvalue weighted by Crippen LogP contribution is 2.44. The largest absolute Gasteiger partial charge is 0.481 e. The highest BCUT2D eigenvalue weighted by atomic mass is 16.5. The molecule has 1 aromatic heterocycles. The summed E-state index contributed by atoms with van der Waals surface area (Å²) in [5, 5.41) is 11.8. The van der Waals surface area contributed by atoms with Crippen LogP contribution in [0.15, 0.2) is 66.9 Å². The molecule has 1 unspecified atom stereocenters. The molecule has 2 amide bonds. The molecule has 3 aromatic rings. The summed E-state index contributed by atoms with van der Waals surface area (Å²) in [6.45, 7) is 0.599. The Morgan fingerprint density at radius 3 is 2.32 bits per heavy atom. The number of aromatic nitrogens is 1. The molecule has 2 aliphatic rings. The zero-order valence-electron chi connectivity index (χ0n) is 18.3. The third-order valence-electron chi connectivity index (χ3n) is 6.42. The lowest BCUT2D eigenvalue weighted by molar-refractivity contribution is -0.141. The third-order valence-corrected chi connectivity index (χ3v) is 6.42. The van der Waals surface area contributed by atoms with Gasteiger partial charge < -0.3 is 14.7 Å². The quantitative estimate of drug-likeness (QED) is 0.600. The minimum Gasteiger partial charge on any atom is -0.481 e. The molecule has 8 nitrogen and oxygen atoms in total. The van der Waals surface area contributed by atoms with Crippen molar-refractivity contribution in [3.63, 3.8) is 0 Å². The van der Waals surface area contributed by atoms with Crippen LogP contribution < -0.4 is 5.32 Å². The number of amides is 2. The number of hydrogen-bond donors (Lipinski definition) is 2. The second-order valence-electron chi connectivity index (χ2n) is 8.43. The fourth-order valence-electron chi connectivity index (χ4n) is 4.72. The number of rotatable bonds is 5. The van der Waals surface area contributed by atoms with Gasteiger partial charge in [-0.15, -0.1) is 0 Å². The maximum absolute atomic E-state index is 12.9. The number of aliphatic carboxylic acids is 1. The van der Waals surface area contributed by atoms with E-state index in [1.807, 2.05) is 36.4 Å². The number of carboxylic acid groups (broad SMARTS) is 1. The van der Waals surface area contributed by atoms with Gasteiger partial charge in [0, 0.05) is 25.2 Å². The molecule has 2 N–H and O–H groups in total. The Morgan fingerprint density at radius 1 is 1.00 bits per heavy atom. The van der Waals surface area contributed by atoms with Crippen LogP contribution in [0.5, 0.6) is 0 Å². The van der Waals surface area contributed by atoms with E-state index in [1.165, 1.54) is 11.1 Å². The number of ether oxygens (including phenoxy) is 1. The Hall–Kier alpha value is -4.20. The van der Waals surface area contributed by atoms with Crippen LogP contribution in [0.4, 0.5) is 10.5 Å². The molecule has 1 aliphatic heterocycles. The summed E-state index contributed by atoms with van der Waals surface area (Å²) in [5.74, 6) is -2.01. The smallest absolute Gasteiger partial charge is 0.411 e. The van der Waals surface area contributed by atoms with Crippen molar-refractivity contribution in [2.45, 2.75) is 12.3 Å². The summed E-state index contributed by atoms with van der Waals surface area (Å²) < 4.78 is 5.57. The lowest BCUT2D eigenvalue weighted by Crippen LogP contribution is -2.31. The van der Waals surface area contributed by atoms with Gasteiger partial charge in [0.2, 0.25) is 0 Å². The predicted molar refractivity (Wildman–Crippen MR) is 125 cm³/mol. The monoisotopic (exact) mass is 457 g/mol. The number of nitrogens with zero attached hydrogens (tertiary/aromatic N) is 2. The fraction of sp³-hybridized carbons (Fsp3) is 0.231. The van der Waals surface area contributed by atoms with E-state index in [0.717, 1.165) is 22.3 Å². The van der Waals surface area contributed by atoms with Crippen molar-refractivity contribution in [2.75, 3.05) is 25.0 Å². The van der Waals surface area contributed by atoms with Gasteiger partial charge in [-0.25, -0.2) is 9.78 Å². The van der Waals surface area contributed by atoms with Crippen molar-refractivity contribution in [1.29, 1.82) is 0 Å².